The Labute approximate surface area is 116 Å². The van der Waals surface area contributed by atoms with Gasteiger partial charge in [0.1, 0.15) is 5.75 Å². The molecule has 0 aromatic heterocycles. The lowest BCUT2D eigenvalue weighted by atomic mass is 9.90. The molecule has 1 aromatic rings. The van der Waals surface area contributed by atoms with Gasteiger partial charge in [0.05, 0.1) is 6.61 Å². The van der Waals surface area contributed by atoms with Gasteiger partial charge in [-0.15, -0.1) is 0 Å². The lowest BCUT2D eigenvalue weighted by Crippen LogP contribution is -2.41. The molecule has 0 heterocycles. The summed E-state index contributed by atoms with van der Waals surface area (Å²) in [7, 11) is 0. The third-order valence-electron chi connectivity index (χ3n) is 4.12. The summed E-state index contributed by atoms with van der Waals surface area (Å²) in [6.07, 6.45) is 9.06. The maximum atomic E-state index is 5.76. The monoisotopic (exact) mass is 262 g/mol. The number of ether oxygens (including phenoxy) is 1. The Morgan fingerprint density at radius 1 is 1.11 bits per heavy atom. The van der Waals surface area contributed by atoms with Gasteiger partial charge in [-0.05, 0) is 37.3 Å². The van der Waals surface area contributed by atoms with Crippen molar-refractivity contribution in [3.05, 3.63) is 30.3 Å². The summed E-state index contributed by atoms with van der Waals surface area (Å²) in [5.41, 5.74) is 3.01. The van der Waals surface area contributed by atoms with Crippen LogP contribution in [0.15, 0.2) is 30.3 Å². The van der Waals surface area contributed by atoms with Crippen molar-refractivity contribution in [2.45, 2.75) is 51.0 Å². The molecule has 3 heteroatoms. The summed E-state index contributed by atoms with van der Waals surface area (Å²) in [6.45, 7) is 0.732. The Balaban J connectivity index is 1.75. The van der Waals surface area contributed by atoms with E-state index in [4.69, 9.17) is 10.6 Å². The van der Waals surface area contributed by atoms with Gasteiger partial charge in [0.15, 0.2) is 0 Å². The summed E-state index contributed by atoms with van der Waals surface area (Å²) < 4.78 is 5.76. The molecule has 1 aliphatic rings. The molecule has 1 saturated carbocycles. The van der Waals surface area contributed by atoms with Gasteiger partial charge < -0.3 is 4.74 Å². The first-order chi connectivity index (χ1) is 9.40. The molecule has 3 N–H and O–H groups in total. The van der Waals surface area contributed by atoms with Crippen LogP contribution >= 0.6 is 0 Å². The topological polar surface area (TPSA) is 47.3 Å². The van der Waals surface area contributed by atoms with Crippen molar-refractivity contribution in [2.75, 3.05) is 6.61 Å². The first-order valence-corrected chi connectivity index (χ1v) is 7.54. The van der Waals surface area contributed by atoms with Crippen molar-refractivity contribution >= 4 is 0 Å². The predicted octanol–water partition coefficient (Wildman–Crippen LogP) is 3.26. The number of hydrazine groups is 1. The minimum Gasteiger partial charge on any atom is -0.494 e. The minimum atomic E-state index is 0.391. The highest BCUT2D eigenvalue weighted by molar-refractivity contribution is 5.20. The Morgan fingerprint density at radius 2 is 1.79 bits per heavy atom. The normalized spacial score (nSPS) is 18.8. The Morgan fingerprint density at radius 3 is 2.42 bits per heavy atom. The van der Waals surface area contributed by atoms with Crippen molar-refractivity contribution in [3.8, 4) is 5.75 Å². The maximum absolute atomic E-state index is 5.76. The molecule has 0 radical (unpaired) electrons. The number of benzene rings is 1. The molecule has 0 bridgehead atoms. The summed E-state index contributed by atoms with van der Waals surface area (Å²) in [5.74, 6) is 7.39. The van der Waals surface area contributed by atoms with Crippen molar-refractivity contribution in [1.82, 2.24) is 5.43 Å². The van der Waals surface area contributed by atoms with E-state index in [-0.39, 0.29) is 0 Å². The van der Waals surface area contributed by atoms with Crippen LogP contribution in [0.4, 0.5) is 0 Å². The molecule has 0 aliphatic heterocycles. The van der Waals surface area contributed by atoms with Crippen LogP contribution in [0, 0.1) is 5.92 Å². The second-order valence-corrected chi connectivity index (χ2v) is 5.47. The van der Waals surface area contributed by atoms with Gasteiger partial charge in [-0.1, -0.05) is 43.9 Å². The van der Waals surface area contributed by atoms with Crippen LogP contribution in [0.3, 0.4) is 0 Å². The molecule has 1 aromatic carbocycles. The molecule has 0 amide bonds. The van der Waals surface area contributed by atoms with Gasteiger partial charge in [0.2, 0.25) is 0 Å². The van der Waals surface area contributed by atoms with Crippen LogP contribution in [0.25, 0.3) is 0 Å². The quantitative estimate of drug-likeness (QED) is 0.470. The van der Waals surface area contributed by atoms with E-state index in [9.17, 15) is 0 Å². The lowest BCUT2D eigenvalue weighted by molar-refractivity contribution is 0.239. The fourth-order valence-electron chi connectivity index (χ4n) is 2.99. The zero-order chi connectivity index (χ0) is 13.3. The molecule has 19 heavy (non-hydrogen) atoms. The smallest absolute Gasteiger partial charge is 0.119 e. The standard InChI is InChI=1S/C16H26N2O/c17-18-16(14-8-4-1-2-5-9-14)12-13-19-15-10-6-3-7-11-15/h3,6-7,10-11,14,16,18H,1-2,4-5,8-9,12-13,17H2. The van der Waals surface area contributed by atoms with E-state index in [1.807, 2.05) is 30.3 Å². The number of hydrogen-bond acceptors (Lipinski definition) is 3. The van der Waals surface area contributed by atoms with Crippen LogP contribution in [-0.2, 0) is 0 Å². The highest BCUT2D eigenvalue weighted by Gasteiger charge is 2.21. The average Bonchev–Trinajstić information content (AvgIpc) is 2.74. The number of para-hydroxylation sites is 1. The third-order valence-corrected chi connectivity index (χ3v) is 4.12. The second-order valence-electron chi connectivity index (χ2n) is 5.47. The van der Waals surface area contributed by atoms with E-state index in [2.05, 4.69) is 5.43 Å². The van der Waals surface area contributed by atoms with E-state index >= 15 is 0 Å². The van der Waals surface area contributed by atoms with Crippen LogP contribution in [-0.4, -0.2) is 12.6 Å². The summed E-state index contributed by atoms with van der Waals surface area (Å²) in [4.78, 5) is 0. The van der Waals surface area contributed by atoms with E-state index in [1.54, 1.807) is 0 Å². The van der Waals surface area contributed by atoms with Gasteiger partial charge in [-0.2, -0.15) is 0 Å². The molecular formula is C16H26N2O. The van der Waals surface area contributed by atoms with Crippen molar-refractivity contribution in [1.29, 1.82) is 0 Å². The maximum Gasteiger partial charge on any atom is 0.119 e. The SMILES string of the molecule is NNC(CCOc1ccccc1)C1CCCCCC1. The van der Waals surface area contributed by atoms with Gasteiger partial charge in [-0.3, -0.25) is 11.3 Å². The van der Waals surface area contributed by atoms with E-state index in [0.717, 1.165) is 18.8 Å². The molecule has 1 aliphatic carbocycles. The second kappa shape index (κ2) is 8.18. The summed E-state index contributed by atoms with van der Waals surface area (Å²) in [5, 5.41) is 0. The molecule has 106 valence electrons. The summed E-state index contributed by atoms with van der Waals surface area (Å²) >= 11 is 0. The first-order valence-electron chi connectivity index (χ1n) is 7.54. The summed E-state index contributed by atoms with van der Waals surface area (Å²) in [6, 6.07) is 10.4. The Kier molecular flexibility index (Phi) is 6.18. The van der Waals surface area contributed by atoms with Crippen molar-refractivity contribution in [2.24, 2.45) is 11.8 Å². The van der Waals surface area contributed by atoms with Crippen LogP contribution < -0.4 is 16.0 Å². The molecule has 0 saturated heterocycles. The van der Waals surface area contributed by atoms with Gasteiger partial charge >= 0.3 is 0 Å². The largest absolute Gasteiger partial charge is 0.494 e. The average molecular weight is 262 g/mol. The fourth-order valence-corrected chi connectivity index (χ4v) is 2.99. The molecule has 1 unspecified atom stereocenters. The highest BCUT2D eigenvalue weighted by Crippen LogP contribution is 2.26. The zero-order valence-corrected chi connectivity index (χ0v) is 11.7. The molecule has 0 spiro atoms. The fraction of sp³-hybridized carbons (Fsp3) is 0.625. The van der Waals surface area contributed by atoms with Gasteiger partial charge in [0, 0.05) is 6.04 Å². The highest BCUT2D eigenvalue weighted by atomic mass is 16.5. The van der Waals surface area contributed by atoms with Gasteiger partial charge in [0.25, 0.3) is 0 Å². The Hall–Kier alpha value is -1.06. The van der Waals surface area contributed by atoms with Crippen LogP contribution in [0.5, 0.6) is 5.75 Å². The van der Waals surface area contributed by atoms with E-state index in [1.165, 1.54) is 38.5 Å². The molecule has 2 rings (SSSR count). The van der Waals surface area contributed by atoms with E-state index in [0.29, 0.717) is 12.0 Å². The van der Waals surface area contributed by atoms with Crippen LogP contribution in [0.2, 0.25) is 0 Å². The third kappa shape index (κ3) is 4.84. The Bertz CT molecular complexity index is 334. The minimum absolute atomic E-state index is 0.391. The molecule has 1 fully saturated rings. The molecular weight excluding hydrogens is 236 g/mol. The predicted molar refractivity (Wildman–Crippen MR) is 78.9 cm³/mol. The number of hydrogen-bond donors (Lipinski definition) is 2. The van der Waals surface area contributed by atoms with Gasteiger partial charge in [-0.25, -0.2) is 0 Å². The lowest BCUT2D eigenvalue weighted by Gasteiger charge is -2.25. The number of nitrogens with two attached hydrogens (primary N) is 1. The molecule has 3 nitrogen and oxygen atoms in total. The number of nitrogens with one attached hydrogen (secondary N) is 1. The zero-order valence-electron chi connectivity index (χ0n) is 11.7. The molecule has 1 atom stereocenters. The first kappa shape index (κ1) is 14.4. The number of rotatable bonds is 6. The van der Waals surface area contributed by atoms with E-state index < -0.39 is 0 Å². The van der Waals surface area contributed by atoms with Crippen LogP contribution in [0.1, 0.15) is 44.9 Å². The van der Waals surface area contributed by atoms with Crippen molar-refractivity contribution in [3.63, 3.8) is 0 Å². The van der Waals surface area contributed by atoms with Crippen molar-refractivity contribution < 1.29 is 4.74 Å².